The topological polar surface area (TPSA) is 46.9 Å². The Hall–Kier alpha value is -2.34. The molecule has 23 heavy (non-hydrogen) atoms. The van der Waals surface area contributed by atoms with Gasteiger partial charge in [0, 0.05) is 7.05 Å². The fourth-order valence-corrected chi connectivity index (χ4v) is 3.13. The number of imidazole rings is 1. The van der Waals surface area contributed by atoms with Gasteiger partial charge in [0.25, 0.3) is 0 Å². The predicted octanol–water partition coefficient (Wildman–Crippen LogP) is 3.83. The smallest absolute Gasteiger partial charge is 0.237 e. The molecule has 1 unspecified atom stereocenters. The number of anilines is 1. The molecule has 2 aromatic carbocycles. The maximum absolute atomic E-state index is 13.6. The normalized spacial score (nSPS) is 12.3. The molecule has 1 amide bonds. The van der Waals surface area contributed by atoms with Gasteiger partial charge in [-0.3, -0.25) is 4.79 Å². The summed E-state index contributed by atoms with van der Waals surface area (Å²) >= 11 is 1.35. The van der Waals surface area contributed by atoms with Crippen molar-refractivity contribution in [2.75, 3.05) is 5.32 Å². The van der Waals surface area contributed by atoms with Crippen LogP contribution < -0.4 is 5.32 Å². The van der Waals surface area contributed by atoms with E-state index in [1.54, 1.807) is 25.1 Å². The standard InChI is InChI=1S/C17H16FN3OS/c1-11(16(22)19-13-8-4-3-7-12(13)18)23-17-20-14-9-5-6-10-15(14)21(17)2/h3-11H,1-2H3,(H,19,22). The van der Waals surface area contributed by atoms with Gasteiger partial charge in [-0.25, -0.2) is 9.37 Å². The van der Waals surface area contributed by atoms with Crippen LogP contribution in [0.4, 0.5) is 10.1 Å². The molecule has 4 nitrogen and oxygen atoms in total. The van der Waals surface area contributed by atoms with Crippen molar-refractivity contribution < 1.29 is 9.18 Å². The zero-order valence-corrected chi connectivity index (χ0v) is 13.6. The van der Waals surface area contributed by atoms with Gasteiger partial charge < -0.3 is 9.88 Å². The van der Waals surface area contributed by atoms with Gasteiger partial charge in [0.15, 0.2) is 5.16 Å². The molecular formula is C17H16FN3OS. The molecule has 1 aromatic heterocycles. The van der Waals surface area contributed by atoms with E-state index in [2.05, 4.69) is 10.3 Å². The third-order valence-corrected chi connectivity index (χ3v) is 4.67. The number of nitrogens with zero attached hydrogens (tertiary/aromatic N) is 2. The van der Waals surface area contributed by atoms with E-state index in [4.69, 9.17) is 0 Å². The molecule has 1 heterocycles. The van der Waals surface area contributed by atoms with Crippen LogP contribution in [-0.4, -0.2) is 20.7 Å². The first-order valence-corrected chi connectivity index (χ1v) is 8.07. The molecule has 0 radical (unpaired) electrons. The molecule has 0 aliphatic rings. The molecule has 1 atom stereocenters. The number of aryl methyl sites for hydroxylation is 1. The molecule has 0 aliphatic heterocycles. The van der Waals surface area contributed by atoms with E-state index in [0.29, 0.717) is 0 Å². The van der Waals surface area contributed by atoms with Crippen LogP contribution in [0.1, 0.15) is 6.92 Å². The van der Waals surface area contributed by atoms with Crippen molar-refractivity contribution in [2.24, 2.45) is 7.05 Å². The number of fused-ring (bicyclic) bond motifs is 1. The summed E-state index contributed by atoms with van der Waals surface area (Å²) in [6.45, 7) is 1.78. The maximum atomic E-state index is 13.6. The fraction of sp³-hybridized carbons (Fsp3) is 0.176. The summed E-state index contributed by atoms with van der Waals surface area (Å²) in [7, 11) is 1.92. The first-order chi connectivity index (χ1) is 11.1. The second-order valence-corrected chi connectivity index (χ2v) is 6.48. The van der Waals surface area contributed by atoms with Crippen molar-refractivity contribution in [1.82, 2.24) is 9.55 Å². The van der Waals surface area contributed by atoms with Crippen LogP contribution in [0.2, 0.25) is 0 Å². The van der Waals surface area contributed by atoms with Crippen LogP contribution in [0.5, 0.6) is 0 Å². The molecule has 0 aliphatic carbocycles. The Morgan fingerprint density at radius 3 is 2.65 bits per heavy atom. The predicted molar refractivity (Wildman–Crippen MR) is 91.1 cm³/mol. The van der Waals surface area contributed by atoms with Gasteiger partial charge in [0.05, 0.1) is 22.0 Å². The number of carbonyl (C=O) groups excluding carboxylic acids is 1. The second kappa shape index (κ2) is 6.42. The molecule has 0 saturated heterocycles. The number of hydrogen-bond acceptors (Lipinski definition) is 3. The molecule has 0 spiro atoms. The highest BCUT2D eigenvalue weighted by atomic mass is 32.2. The van der Waals surface area contributed by atoms with Gasteiger partial charge in [0.2, 0.25) is 5.91 Å². The highest BCUT2D eigenvalue weighted by Crippen LogP contribution is 2.27. The molecule has 0 bridgehead atoms. The van der Waals surface area contributed by atoms with E-state index in [1.165, 1.54) is 17.8 Å². The minimum Gasteiger partial charge on any atom is -0.323 e. The van der Waals surface area contributed by atoms with Crippen molar-refractivity contribution in [3.05, 3.63) is 54.3 Å². The lowest BCUT2D eigenvalue weighted by atomic mass is 10.3. The molecule has 3 rings (SSSR count). The van der Waals surface area contributed by atoms with E-state index in [9.17, 15) is 9.18 Å². The highest BCUT2D eigenvalue weighted by molar-refractivity contribution is 8.00. The number of nitrogens with one attached hydrogen (secondary N) is 1. The third kappa shape index (κ3) is 3.22. The molecule has 3 aromatic rings. The number of benzene rings is 2. The number of halogens is 1. The Kier molecular flexibility index (Phi) is 4.34. The number of aromatic nitrogens is 2. The second-order valence-electron chi connectivity index (χ2n) is 5.17. The first kappa shape index (κ1) is 15.6. The number of para-hydroxylation sites is 3. The summed E-state index contributed by atoms with van der Waals surface area (Å²) in [5, 5.41) is 2.97. The van der Waals surface area contributed by atoms with Crippen molar-refractivity contribution in [2.45, 2.75) is 17.3 Å². The van der Waals surface area contributed by atoms with E-state index >= 15 is 0 Å². The van der Waals surface area contributed by atoms with E-state index in [1.807, 2.05) is 35.9 Å². The number of amides is 1. The van der Waals surface area contributed by atoms with Crippen LogP contribution >= 0.6 is 11.8 Å². The van der Waals surface area contributed by atoms with E-state index < -0.39 is 11.1 Å². The summed E-state index contributed by atoms with van der Waals surface area (Å²) in [6.07, 6.45) is 0. The minimum atomic E-state index is -0.444. The van der Waals surface area contributed by atoms with Crippen LogP contribution in [0.25, 0.3) is 11.0 Å². The van der Waals surface area contributed by atoms with Crippen molar-refractivity contribution in [1.29, 1.82) is 0 Å². The maximum Gasteiger partial charge on any atom is 0.237 e. The average molecular weight is 329 g/mol. The van der Waals surface area contributed by atoms with Gasteiger partial charge in [-0.2, -0.15) is 0 Å². The number of thioether (sulfide) groups is 1. The van der Waals surface area contributed by atoms with Gasteiger partial charge >= 0.3 is 0 Å². The average Bonchev–Trinajstić information content (AvgIpc) is 2.86. The molecule has 6 heteroatoms. The van der Waals surface area contributed by atoms with E-state index in [-0.39, 0.29) is 11.6 Å². The van der Waals surface area contributed by atoms with Crippen molar-refractivity contribution >= 4 is 34.4 Å². The summed E-state index contributed by atoms with van der Waals surface area (Å²) in [5.74, 6) is -0.701. The van der Waals surface area contributed by atoms with Crippen molar-refractivity contribution in [3.63, 3.8) is 0 Å². The number of rotatable bonds is 4. The summed E-state index contributed by atoms with van der Waals surface area (Å²) in [6, 6.07) is 13.9. The Morgan fingerprint density at radius 1 is 1.22 bits per heavy atom. The number of hydrogen-bond donors (Lipinski definition) is 1. The first-order valence-electron chi connectivity index (χ1n) is 7.20. The molecule has 118 valence electrons. The Bertz CT molecular complexity index is 862. The van der Waals surface area contributed by atoms with Gasteiger partial charge in [-0.05, 0) is 31.2 Å². The van der Waals surface area contributed by atoms with Gasteiger partial charge in [-0.15, -0.1) is 0 Å². The summed E-state index contributed by atoms with van der Waals surface area (Å²) < 4.78 is 15.6. The quantitative estimate of drug-likeness (QED) is 0.740. The number of carbonyl (C=O) groups is 1. The molecule has 0 fully saturated rings. The SMILES string of the molecule is CC(Sc1nc2ccccc2n1C)C(=O)Nc1ccccc1F. The molecule has 0 saturated carbocycles. The lowest BCUT2D eigenvalue weighted by molar-refractivity contribution is -0.115. The van der Waals surface area contributed by atoms with Gasteiger partial charge in [0.1, 0.15) is 5.82 Å². The van der Waals surface area contributed by atoms with Crippen molar-refractivity contribution in [3.8, 4) is 0 Å². The van der Waals surface area contributed by atoms with Crippen LogP contribution in [0, 0.1) is 5.82 Å². The Labute approximate surface area is 137 Å². The lowest BCUT2D eigenvalue weighted by Gasteiger charge is -2.12. The van der Waals surface area contributed by atoms with E-state index in [0.717, 1.165) is 16.2 Å². The molecule has 1 N–H and O–H groups in total. The lowest BCUT2D eigenvalue weighted by Crippen LogP contribution is -2.23. The largest absolute Gasteiger partial charge is 0.323 e. The third-order valence-electron chi connectivity index (χ3n) is 3.53. The zero-order valence-electron chi connectivity index (χ0n) is 12.8. The molecular weight excluding hydrogens is 313 g/mol. The Morgan fingerprint density at radius 2 is 1.91 bits per heavy atom. The van der Waals surface area contributed by atoms with Gasteiger partial charge in [-0.1, -0.05) is 36.0 Å². The summed E-state index contributed by atoms with van der Waals surface area (Å²) in [5.41, 5.74) is 2.09. The van der Waals surface area contributed by atoms with Crippen LogP contribution in [-0.2, 0) is 11.8 Å². The van der Waals surface area contributed by atoms with Crippen LogP contribution in [0.3, 0.4) is 0 Å². The van der Waals surface area contributed by atoms with Crippen LogP contribution in [0.15, 0.2) is 53.7 Å². The summed E-state index contributed by atoms with van der Waals surface area (Å²) in [4.78, 5) is 16.8. The Balaban J connectivity index is 1.75. The highest BCUT2D eigenvalue weighted by Gasteiger charge is 2.19. The fourth-order valence-electron chi connectivity index (χ4n) is 2.24. The monoisotopic (exact) mass is 329 g/mol. The minimum absolute atomic E-state index is 0.190. The zero-order chi connectivity index (χ0) is 16.4.